The Bertz CT molecular complexity index is 2560. The second-order valence-corrected chi connectivity index (χ2v) is 41.3. The molecule has 21 aliphatic heterocycles. The second kappa shape index (κ2) is 42.8. The van der Waals surface area contributed by atoms with Gasteiger partial charge in [-0.25, -0.2) is 0 Å². The van der Waals surface area contributed by atoms with E-state index >= 15 is 0 Å². The third kappa shape index (κ3) is 20.9. The molecule has 0 unspecified atom stereocenters. The predicted molar refractivity (Wildman–Crippen MR) is 392 cm³/mol. The number of ether oxygens (including phenoxy) is 33. The van der Waals surface area contributed by atoms with Crippen molar-refractivity contribution in [2.75, 3.05) is 181 Å². The molecule has 37 heteroatoms. The molecule has 110 heavy (non-hydrogen) atoms. The quantitative estimate of drug-likeness (QED) is 0.0932. The molecular weight excluding hydrogens is 1490 g/mol. The first-order valence-electron chi connectivity index (χ1n) is 37.8. The first kappa shape index (κ1) is 94.5. The Morgan fingerprint density at radius 1 is 0.191 bits per heavy atom. The Morgan fingerprint density at radius 3 is 0.427 bits per heavy atom. The summed E-state index contributed by atoms with van der Waals surface area (Å²) in [6.45, 7) is 21.2. The monoisotopic (exact) mass is 1630 g/mol. The second-order valence-electron chi connectivity index (χ2n) is 31.7. The molecule has 21 fully saturated rings. The van der Waals surface area contributed by atoms with Crippen molar-refractivity contribution in [3.63, 3.8) is 0 Å². The average Bonchev–Trinajstić information content (AvgIpc) is 0.766. The molecule has 21 heterocycles. The van der Waals surface area contributed by atoms with Crippen LogP contribution >= 0.6 is 0 Å². The van der Waals surface area contributed by atoms with E-state index in [1.165, 1.54) is 92.4 Å². The Kier molecular flexibility index (Phi) is 36.8. The largest absolute Gasteiger partial charge is 0.414 e. The Hall–Kier alpha value is -0.966. The van der Waals surface area contributed by atoms with Gasteiger partial charge in [0.25, 0.3) is 0 Å². The van der Waals surface area contributed by atoms with Crippen LogP contribution in [0.2, 0.25) is 36.3 Å². The minimum Gasteiger partial charge on any atom is -0.414 e. The van der Waals surface area contributed by atoms with E-state index in [-0.39, 0.29) is 56.3 Å². The fraction of sp³-hybridized carbons (Fsp3) is 1.00. The van der Waals surface area contributed by atoms with Gasteiger partial charge in [0.15, 0.2) is 60.7 Å². The molecule has 21 saturated heterocycles. The highest BCUT2D eigenvalue weighted by molar-refractivity contribution is 6.74. The van der Waals surface area contributed by atoms with Crippen LogP contribution in [0.15, 0.2) is 0 Å². The van der Waals surface area contributed by atoms with Crippen molar-refractivity contribution < 1.29 is 165 Å². The van der Waals surface area contributed by atoms with Crippen molar-refractivity contribution in [3.05, 3.63) is 0 Å². The molecule has 21 aliphatic rings. The van der Waals surface area contributed by atoms with Gasteiger partial charge >= 0.3 is 0 Å². The molecule has 0 aliphatic carbocycles. The molecule has 646 valence electrons. The summed E-state index contributed by atoms with van der Waals surface area (Å²) in [5.41, 5.74) is 0. The molecule has 0 aromatic rings. The summed E-state index contributed by atoms with van der Waals surface area (Å²) >= 11 is 0. The molecule has 35 atom stereocenters. The Morgan fingerprint density at radius 2 is 0.318 bits per heavy atom. The van der Waals surface area contributed by atoms with Crippen LogP contribution in [0.4, 0.5) is 0 Å². The lowest BCUT2D eigenvalue weighted by molar-refractivity contribution is -0.402. The Labute approximate surface area is 653 Å². The first-order valence-corrected chi connectivity index (χ1v) is 43.6. The highest BCUT2D eigenvalue weighted by atomic mass is 28.4. The molecule has 0 N–H and O–H groups in total. The van der Waals surface area contributed by atoms with Gasteiger partial charge in [0.2, 0.25) is 0 Å². The Balaban J connectivity index is 1.29. The van der Waals surface area contributed by atoms with Crippen LogP contribution in [-0.2, 0) is 165 Å². The zero-order chi connectivity index (χ0) is 80.9. The van der Waals surface area contributed by atoms with Gasteiger partial charge in [-0.1, -0.05) is 41.5 Å². The fourth-order valence-electron chi connectivity index (χ4n) is 15.5. The zero-order valence-electron chi connectivity index (χ0n) is 70.4. The molecule has 0 radical (unpaired) electrons. The van der Waals surface area contributed by atoms with Gasteiger partial charge in [-0.15, -0.1) is 0 Å². The van der Waals surface area contributed by atoms with Gasteiger partial charge in [0.1, 0.15) is 171 Å². The number of rotatable bonds is 30. The summed E-state index contributed by atoms with van der Waals surface area (Å²) in [6.07, 6.45) is -36.6. The lowest BCUT2D eigenvalue weighted by atomic mass is 9.94. The number of methoxy groups -OCH3 is 19. The van der Waals surface area contributed by atoms with Crippen molar-refractivity contribution in [2.24, 2.45) is 0 Å². The topological polar surface area (TPSA) is 323 Å². The van der Waals surface area contributed by atoms with Gasteiger partial charge in [0, 0.05) is 135 Å². The van der Waals surface area contributed by atoms with Crippen LogP contribution in [0, 0.1) is 0 Å². The van der Waals surface area contributed by atoms with E-state index in [0.29, 0.717) is 0 Å². The lowest BCUT2D eigenvalue weighted by Gasteiger charge is -2.53. The first-order chi connectivity index (χ1) is 52.5. The maximum absolute atomic E-state index is 7.28. The highest BCUT2D eigenvalue weighted by Gasteiger charge is 2.63. The zero-order valence-corrected chi connectivity index (χ0v) is 72.4. The van der Waals surface area contributed by atoms with Crippen molar-refractivity contribution in [1.29, 1.82) is 0 Å². The van der Waals surface area contributed by atoms with E-state index < -0.39 is 232 Å². The van der Waals surface area contributed by atoms with Gasteiger partial charge < -0.3 is 165 Å². The third-order valence-corrected chi connectivity index (χ3v) is 32.5. The predicted octanol–water partition coefficient (Wildman–Crippen LogP) is 3.26. The van der Waals surface area contributed by atoms with Gasteiger partial charge in [0.05, 0.1) is 46.2 Å². The smallest absolute Gasteiger partial charge is 0.192 e. The standard InChI is InChI=1S/C73H136O35Si2/c1-72(2,3)109(26,27)93-35-42-49-56(84-17)64(92-25)71(101-42)106-48-41(34-78-11)97-67(60(88-21)55(48)83-16)104-46-39(32-76-9)99-69(62(90-23)53(46)81-14)108-50-43(36-94-110(28,29)73(4,5)6)100-70(63(91-24)57(50)85-18)105-47-40(33-77-10)96-66(59(87-20)54(47)82-15)102-44-37(30-74-7)95-65(58(86-19)51(44)79-12)103-45-38(31-75-8)98-68(107-49)61(89-22)52(45)80-13/h37-71H,30-36H2,1-29H3/t37-,38-,39-,40-,41-,42-,43-,44-,45-,46-,47-,48-,49-,50-,51+,52+,53+,54+,55+,56+,57+,58-,59-,60-,61-,62-,63-,64-,65-,66-,67-,68-,69-,70-,71-/m1/s1. The van der Waals surface area contributed by atoms with E-state index in [1.54, 1.807) is 42.7 Å². The molecule has 35 nitrogen and oxygen atoms in total. The molecule has 0 aromatic carbocycles. The van der Waals surface area contributed by atoms with Crippen LogP contribution in [0.3, 0.4) is 0 Å². The normalized spacial score (nSPS) is 43.0. The van der Waals surface area contributed by atoms with Crippen LogP contribution < -0.4 is 0 Å². The molecule has 0 amide bonds. The third-order valence-electron chi connectivity index (χ3n) is 23.5. The van der Waals surface area contributed by atoms with Crippen LogP contribution in [0.25, 0.3) is 0 Å². The summed E-state index contributed by atoms with van der Waals surface area (Å²) in [4.78, 5) is 0. The van der Waals surface area contributed by atoms with Crippen molar-refractivity contribution in [3.8, 4) is 0 Å². The maximum atomic E-state index is 7.28. The van der Waals surface area contributed by atoms with Gasteiger partial charge in [-0.2, -0.15) is 0 Å². The summed E-state index contributed by atoms with van der Waals surface area (Å²) in [5.74, 6) is 0. The highest BCUT2D eigenvalue weighted by Crippen LogP contribution is 2.45. The molecule has 0 aromatic heterocycles. The van der Waals surface area contributed by atoms with Gasteiger partial charge in [-0.05, 0) is 36.3 Å². The summed E-state index contributed by atoms with van der Waals surface area (Å²) in [5, 5.41) is -0.465. The van der Waals surface area contributed by atoms with Crippen LogP contribution in [0.5, 0.6) is 0 Å². The van der Waals surface area contributed by atoms with Crippen molar-refractivity contribution in [1.82, 2.24) is 0 Å². The van der Waals surface area contributed by atoms with Crippen LogP contribution in [-0.4, -0.2) is 413 Å². The molecular formula is C73H136O35Si2. The summed E-state index contributed by atoms with van der Waals surface area (Å²) < 4.78 is 233. The molecule has 21 rings (SSSR count). The number of hydrogen-bond donors (Lipinski definition) is 0. The lowest BCUT2D eigenvalue weighted by Crippen LogP contribution is -2.69. The van der Waals surface area contributed by atoms with Crippen molar-refractivity contribution in [2.45, 2.75) is 293 Å². The molecule has 0 saturated carbocycles. The van der Waals surface area contributed by atoms with Crippen molar-refractivity contribution >= 4 is 16.6 Å². The molecule has 14 bridgehead atoms. The number of hydrogen-bond acceptors (Lipinski definition) is 35. The fourth-order valence-corrected chi connectivity index (χ4v) is 17.6. The van der Waals surface area contributed by atoms with E-state index in [0.717, 1.165) is 0 Å². The van der Waals surface area contributed by atoms with E-state index in [9.17, 15) is 0 Å². The minimum atomic E-state index is -2.56. The maximum Gasteiger partial charge on any atom is 0.192 e. The summed E-state index contributed by atoms with van der Waals surface area (Å²) in [6, 6.07) is 0. The van der Waals surface area contributed by atoms with E-state index in [2.05, 4.69) is 67.7 Å². The van der Waals surface area contributed by atoms with E-state index in [4.69, 9.17) is 165 Å². The summed E-state index contributed by atoms with van der Waals surface area (Å²) in [7, 11) is 24.0. The average molecular weight is 1630 g/mol. The van der Waals surface area contributed by atoms with Crippen LogP contribution in [0.1, 0.15) is 41.5 Å². The van der Waals surface area contributed by atoms with Gasteiger partial charge in [-0.3, -0.25) is 0 Å². The van der Waals surface area contributed by atoms with E-state index in [1.807, 2.05) is 0 Å². The SMILES string of the molecule is COC[C@H]1O[C@@H]2O[C@H]3[C@H](OC)[C@@H](OC)[C@@H](O[C@H]4[C@H](OC)[C@@H](OC)[C@@H](O[C@H]5[C@H](OC)[C@@H](OC)[C@@H](O[C@H]6[C@H](OC)[C@@H](OC)[C@@H](O[C@H]7[C@H](OC)[C@@H](OC)[C@@H](O[C@H]8[C@H](OC)[C@@H](OC)[C@@H](O[C@H]1[C@H](OC)[C@H]2OC)O[C@@H]8COC)O[C@@H]7CO[Si](C)(C)C(C)(C)C)O[C@@H]6COC)O[C@@H]5COC)O[C@@H]4CO[Si](C)(C)C(C)(C)C)O[C@@H]3COC. The minimum absolute atomic E-state index is 0.00145. The molecule has 0 spiro atoms.